The summed E-state index contributed by atoms with van der Waals surface area (Å²) < 4.78 is 5.23. The first-order chi connectivity index (χ1) is 11.2. The van der Waals surface area contributed by atoms with Gasteiger partial charge in [-0.3, -0.25) is 9.78 Å². The van der Waals surface area contributed by atoms with Crippen LogP contribution in [-0.4, -0.2) is 23.0 Å². The summed E-state index contributed by atoms with van der Waals surface area (Å²) in [5, 5.41) is 3.62. The molecule has 1 amide bonds. The zero-order valence-corrected chi connectivity index (χ0v) is 13.6. The van der Waals surface area contributed by atoms with Crippen LogP contribution in [0.5, 0.6) is 5.75 Å². The molecular weight excluding hydrogens is 310 g/mol. The van der Waals surface area contributed by atoms with E-state index in [1.54, 1.807) is 31.6 Å². The Labute approximate surface area is 138 Å². The van der Waals surface area contributed by atoms with Crippen LogP contribution in [0.25, 0.3) is 10.6 Å². The molecule has 0 saturated carbocycles. The van der Waals surface area contributed by atoms with Gasteiger partial charge in [-0.05, 0) is 31.2 Å². The number of nitrogens with zero attached hydrogens (tertiary/aromatic N) is 2. The van der Waals surface area contributed by atoms with Gasteiger partial charge in [0, 0.05) is 11.8 Å². The molecule has 0 aliphatic carbocycles. The first-order valence-electron chi connectivity index (χ1n) is 7.00. The Morgan fingerprint density at radius 3 is 2.87 bits per heavy atom. The summed E-state index contributed by atoms with van der Waals surface area (Å²) in [6.07, 6.45) is 3.27. The number of thiazole rings is 1. The molecule has 1 N–H and O–H groups in total. The molecule has 116 valence electrons. The third-order valence-corrected chi connectivity index (χ3v) is 4.44. The van der Waals surface area contributed by atoms with Crippen LogP contribution in [0.3, 0.4) is 0 Å². The van der Waals surface area contributed by atoms with E-state index in [4.69, 9.17) is 4.74 Å². The first-order valence-corrected chi connectivity index (χ1v) is 7.82. The maximum atomic E-state index is 12.4. The van der Waals surface area contributed by atoms with Crippen molar-refractivity contribution in [1.82, 2.24) is 9.97 Å². The third kappa shape index (κ3) is 3.37. The summed E-state index contributed by atoms with van der Waals surface area (Å²) >= 11 is 1.36. The van der Waals surface area contributed by atoms with Crippen LogP contribution in [0.2, 0.25) is 0 Å². The van der Waals surface area contributed by atoms with Crippen molar-refractivity contribution >= 4 is 22.9 Å². The number of carbonyl (C=O) groups is 1. The quantitative estimate of drug-likeness (QED) is 0.793. The topological polar surface area (TPSA) is 64.1 Å². The number of aromatic nitrogens is 2. The highest BCUT2D eigenvalue weighted by atomic mass is 32.1. The molecule has 6 heteroatoms. The van der Waals surface area contributed by atoms with E-state index in [1.807, 2.05) is 31.2 Å². The summed E-state index contributed by atoms with van der Waals surface area (Å²) in [5.41, 5.74) is 2.29. The predicted octanol–water partition coefficient (Wildman–Crippen LogP) is 3.77. The molecule has 0 unspecified atom stereocenters. The zero-order valence-electron chi connectivity index (χ0n) is 12.7. The number of hydrogen-bond acceptors (Lipinski definition) is 5. The molecule has 0 radical (unpaired) electrons. The van der Waals surface area contributed by atoms with Crippen molar-refractivity contribution in [3.05, 3.63) is 59.4 Å². The van der Waals surface area contributed by atoms with Crippen molar-refractivity contribution < 1.29 is 9.53 Å². The van der Waals surface area contributed by atoms with Gasteiger partial charge in [-0.1, -0.05) is 12.1 Å². The van der Waals surface area contributed by atoms with Crippen LogP contribution in [0.4, 0.5) is 5.69 Å². The highest BCUT2D eigenvalue weighted by Crippen LogP contribution is 2.30. The molecule has 0 aliphatic rings. The van der Waals surface area contributed by atoms with Gasteiger partial charge in [-0.15, -0.1) is 11.3 Å². The summed E-state index contributed by atoms with van der Waals surface area (Å²) in [7, 11) is 1.62. The normalized spacial score (nSPS) is 10.3. The SMILES string of the molecule is COc1cccc(-c2nc(C)c(C(=O)Nc3cccnc3)s2)c1. The minimum absolute atomic E-state index is 0.179. The predicted molar refractivity (Wildman–Crippen MR) is 91.0 cm³/mol. The number of carbonyl (C=O) groups excluding carboxylic acids is 1. The molecule has 0 saturated heterocycles. The second-order valence-electron chi connectivity index (χ2n) is 4.86. The molecule has 0 aliphatic heterocycles. The van der Waals surface area contributed by atoms with Gasteiger partial charge in [-0.2, -0.15) is 0 Å². The van der Waals surface area contributed by atoms with Gasteiger partial charge < -0.3 is 10.1 Å². The number of aryl methyl sites for hydroxylation is 1. The monoisotopic (exact) mass is 325 g/mol. The van der Waals surface area contributed by atoms with Crippen LogP contribution in [-0.2, 0) is 0 Å². The Kier molecular flexibility index (Phi) is 4.34. The smallest absolute Gasteiger partial charge is 0.267 e. The molecule has 1 aromatic carbocycles. The molecule has 0 spiro atoms. The van der Waals surface area contributed by atoms with E-state index in [0.29, 0.717) is 16.3 Å². The molecular formula is C17H15N3O2S. The van der Waals surface area contributed by atoms with E-state index in [-0.39, 0.29) is 5.91 Å². The Balaban J connectivity index is 1.87. The van der Waals surface area contributed by atoms with Crippen molar-refractivity contribution in [1.29, 1.82) is 0 Å². The van der Waals surface area contributed by atoms with Gasteiger partial charge >= 0.3 is 0 Å². The standard InChI is InChI=1S/C17H15N3O2S/c1-11-15(16(21)20-13-6-4-8-18-10-13)23-17(19-11)12-5-3-7-14(9-12)22-2/h3-10H,1-2H3,(H,20,21). The van der Waals surface area contributed by atoms with Gasteiger partial charge in [0.15, 0.2) is 0 Å². The Morgan fingerprint density at radius 1 is 1.26 bits per heavy atom. The van der Waals surface area contributed by atoms with Gasteiger partial charge in [0.25, 0.3) is 5.91 Å². The van der Waals surface area contributed by atoms with Gasteiger partial charge in [0.1, 0.15) is 15.6 Å². The minimum Gasteiger partial charge on any atom is -0.497 e. The average Bonchev–Trinajstić information content (AvgIpc) is 2.98. The number of anilines is 1. The molecule has 23 heavy (non-hydrogen) atoms. The molecule has 2 heterocycles. The average molecular weight is 325 g/mol. The Hall–Kier alpha value is -2.73. The van der Waals surface area contributed by atoms with E-state index in [9.17, 15) is 4.79 Å². The highest BCUT2D eigenvalue weighted by molar-refractivity contribution is 7.17. The van der Waals surface area contributed by atoms with Gasteiger partial charge in [0.2, 0.25) is 0 Å². The van der Waals surface area contributed by atoms with E-state index < -0.39 is 0 Å². The molecule has 0 bridgehead atoms. The van der Waals surface area contributed by atoms with Crippen LogP contribution in [0.15, 0.2) is 48.8 Å². The van der Waals surface area contributed by atoms with Crippen LogP contribution < -0.4 is 10.1 Å². The fourth-order valence-electron chi connectivity index (χ4n) is 2.11. The number of nitrogens with one attached hydrogen (secondary N) is 1. The lowest BCUT2D eigenvalue weighted by atomic mass is 10.2. The van der Waals surface area contributed by atoms with E-state index in [1.165, 1.54) is 11.3 Å². The number of ether oxygens (including phenoxy) is 1. The number of methoxy groups -OCH3 is 1. The molecule has 2 aromatic heterocycles. The van der Waals surface area contributed by atoms with E-state index in [2.05, 4.69) is 15.3 Å². The number of hydrogen-bond donors (Lipinski definition) is 1. The second kappa shape index (κ2) is 6.58. The molecule has 3 rings (SSSR count). The lowest BCUT2D eigenvalue weighted by molar-refractivity contribution is 0.103. The first kappa shape index (κ1) is 15.2. The lowest BCUT2D eigenvalue weighted by Gasteiger charge is -2.02. The van der Waals surface area contributed by atoms with Crippen molar-refractivity contribution in [3.8, 4) is 16.3 Å². The Bertz CT molecular complexity index is 831. The maximum absolute atomic E-state index is 12.4. The number of benzene rings is 1. The van der Waals surface area contributed by atoms with Crippen LogP contribution in [0, 0.1) is 6.92 Å². The number of pyridine rings is 1. The lowest BCUT2D eigenvalue weighted by Crippen LogP contribution is -2.11. The van der Waals surface area contributed by atoms with Crippen molar-refractivity contribution in [3.63, 3.8) is 0 Å². The van der Waals surface area contributed by atoms with Crippen molar-refractivity contribution in [2.45, 2.75) is 6.92 Å². The fourth-order valence-corrected chi connectivity index (χ4v) is 3.07. The van der Waals surface area contributed by atoms with Crippen molar-refractivity contribution in [2.75, 3.05) is 12.4 Å². The highest BCUT2D eigenvalue weighted by Gasteiger charge is 2.16. The van der Waals surface area contributed by atoms with Crippen LogP contribution in [0.1, 0.15) is 15.4 Å². The summed E-state index contributed by atoms with van der Waals surface area (Å²) in [6, 6.07) is 11.2. The molecule has 5 nitrogen and oxygen atoms in total. The van der Waals surface area contributed by atoms with Crippen molar-refractivity contribution in [2.24, 2.45) is 0 Å². The summed E-state index contributed by atoms with van der Waals surface area (Å²) in [5.74, 6) is 0.582. The van der Waals surface area contributed by atoms with Crippen LogP contribution >= 0.6 is 11.3 Å². The number of rotatable bonds is 4. The van der Waals surface area contributed by atoms with E-state index in [0.717, 1.165) is 16.3 Å². The summed E-state index contributed by atoms with van der Waals surface area (Å²) in [4.78, 5) is 21.5. The maximum Gasteiger partial charge on any atom is 0.267 e. The second-order valence-corrected chi connectivity index (χ2v) is 5.86. The fraction of sp³-hybridized carbons (Fsp3) is 0.118. The Morgan fingerprint density at radius 2 is 2.13 bits per heavy atom. The molecule has 0 atom stereocenters. The molecule has 0 fully saturated rings. The van der Waals surface area contributed by atoms with Gasteiger partial charge in [-0.25, -0.2) is 4.98 Å². The third-order valence-electron chi connectivity index (χ3n) is 3.24. The largest absolute Gasteiger partial charge is 0.497 e. The molecule has 3 aromatic rings. The summed E-state index contributed by atoms with van der Waals surface area (Å²) in [6.45, 7) is 1.83. The minimum atomic E-state index is -0.179. The van der Waals surface area contributed by atoms with E-state index >= 15 is 0 Å². The zero-order chi connectivity index (χ0) is 16.2. The van der Waals surface area contributed by atoms with Gasteiger partial charge in [0.05, 0.1) is 24.7 Å². The number of amides is 1.